The van der Waals surface area contributed by atoms with Gasteiger partial charge >= 0.3 is 0 Å². The summed E-state index contributed by atoms with van der Waals surface area (Å²) < 4.78 is 5.86. The SMILES string of the molecule is C#Cc1cc(C(=N/C=C(\C)c2cccc3c2CCC3)C(C)CC)ccc1OC(C)C. The molecule has 0 saturated carbocycles. The number of hydrogen-bond acceptors (Lipinski definition) is 2. The van der Waals surface area contributed by atoms with Gasteiger partial charge in [0.05, 0.1) is 17.4 Å². The van der Waals surface area contributed by atoms with E-state index in [1.807, 2.05) is 32.2 Å². The van der Waals surface area contributed by atoms with Crippen molar-refractivity contribution in [2.45, 2.75) is 66.4 Å². The fraction of sp³-hybridized carbons (Fsp3) is 0.393. The standard InChI is InChI=1S/C28H33NO/c1-7-20(5)28(24-15-16-27(30-19(3)4)22(8-2)17-24)29-18-21(6)25-13-9-11-23-12-10-14-26(23)25/h2,9,11,13,15-20H,7,10,12,14H2,1,3-6H3/b21-18+,29-28?. The Morgan fingerprint density at radius 1 is 1.20 bits per heavy atom. The second-order valence-corrected chi connectivity index (χ2v) is 8.45. The molecule has 1 unspecified atom stereocenters. The third kappa shape index (κ3) is 4.85. The Balaban J connectivity index is 1.99. The number of benzene rings is 2. The predicted molar refractivity (Wildman–Crippen MR) is 128 cm³/mol. The average Bonchev–Trinajstić information content (AvgIpc) is 3.22. The van der Waals surface area contributed by atoms with Crippen molar-refractivity contribution in [2.24, 2.45) is 10.9 Å². The highest BCUT2D eigenvalue weighted by molar-refractivity contribution is 6.03. The minimum Gasteiger partial charge on any atom is -0.490 e. The zero-order valence-corrected chi connectivity index (χ0v) is 19.0. The van der Waals surface area contributed by atoms with Gasteiger partial charge in [0, 0.05) is 6.20 Å². The van der Waals surface area contributed by atoms with Gasteiger partial charge in [0.2, 0.25) is 0 Å². The minimum atomic E-state index is 0.0869. The van der Waals surface area contributed by atoms with Gasteiger partial charge in [-0.05, 0) is 98.4 Å². The summed E-state index contributed by atoms with van der Waals surface area (Å²) >= 11 is 0. The van der Waals surface area contributed by atoms with Crippen LogP contribution in [0.5, 0.6) is 5.75 Å². The van der Waals surface area contributed by atoms with Crippen molar-refractivity contribution in [3.05, 3.63) is 70.4 Å². The Hall–Kier alpha value is -2.79. The first-order valence-corrected chi connectivity index (χ1v) is 11.1. The van der Waals surface area contributed by atoms with Crippen molar-refractivity contribution >= 4 is 11.3 Å². The first kappa shape index (κ1) is 21.9. The number of hydrogen-bond donors (Lipinski definition) is 0. The summed E-state index contributed by atoms with van der Waals surface area (Å²) in [6.07, 6.45) is 12.5. The van der Waals surface area contributed by atoms with Crippen LogP contribution in [0.4, 0.5) is 0 Å². The summed E-state index contributed by atoms with van der Waals surface area (Å²) in [5.41, 5.74) is 8.45. The first-order valence-electron chi connectivity index (χ1n) is 11.1. The number of aryl methyl sites for hydroxylation is 1. The fourth-order valence-electron chi connectivity index (χ4n) is 4.06. The van der Waals surface area contributed by atoms with Gasteiger partial charge in [-0.15, -0.1) is 6.42 Å². The maximum absolute atomic E-state index is 5.86. The van der Waals surface area contributed by atoms with Gasteiger partial charge in [-0.1, -0.05) is 38.0 Å². The van der Waals surface area contributed by atoms with E-state index in [0.717, 1.165) is 29.0 Å². The Morgan fingerprint density at radius 2 is 2.00 bits per heavy atom. The van der Waals surface area contributed by atoms with Crippen molar-refractivity contribution in [3.8, 4) is 18.1 Å². The van der Waals surface area contributed by atoms with Crippen LogP contribution in [0.3, 0.4) is 0 Å². The van der Waals surface area contributed by atoms with Crippen LogP contribution in [-0.2, 0) is 12.8 Å². The lowest BCUT2D eigenvalue weighted by atomic mass is 9.94. The van der Waals surface area contributed by atoms with Gasteiger partial charge in [-0.3, -0.25) is 4.99 Å². The van der Waals surface area contributed by atoms with Crippen molar-refractivity contribution in [2.75, 3.05) is 0 Å². The van der Waals surface area contributed by atoms with Crippen LogP contribution in [-0.4, -0.2) is 11.8 Å². The van der Waals surface area contributed by atoms with Gasteiger partial charge in [0.25, 0.3) is 0 Å². The van der Waals surface area contributed by atoms with Crippen molar-refractivity contribution in [1.29, 1.82) is 0 Å². The molecule has 0 N–H and O–H groups in total. The zero-order valence-electron chi connectivity index (χ0n) is 19.0. The molecule has 2 nitrogen and oxygen atoms in total. The van der Waals surface area contributed by atoms with Crippen molar-refractivity contribution < 1.29 is 4.74 Å². The number of terminal acetylenes is 1. The van der Waals surface area contributed by atoms with E-state index in [1.54, 1.807) is 0 Å². The van der Waals surface area contributed by atoms with Gasteiger partial charge < -0.3 is 4.74 Å². The van der Waals surface area contributed by atoms with E-state index < -0.39 is 0 Å². The Morgan fingerprint density at radius 3 is 2.70 bits per heavy atom. The molecule has 2 aromatic carbocycles. The molecule has 0 radical (unpaired) electrons. The van der Waals surface area contributed by atoms with Crippen LogP contribution in [0.2, 0.25) is 0 Å². The molecule has 0 amide bonds. The lowest BCUT2D eigenvalue weighted by molar-refractivity contribution is 0.242. The molecule has 156 valence electrons. The Kier molecular flexibility index (Phi) is 7.16. The minimum absolute atomic E-state index is 0.0869. The highest BCUT2D eigenvalue weighted by Gasteiger charge is 2.16. The maximum Gasteiger partial charge on any atom is 0.135 e. The van der Waals surface area contributed by atoms with Gasteiger partial charge in [0.15, 0.2) is 0 Å². The third-order valence-electron chi connectivity index (χ3n) is 5.84. The highest BCUT2D eigenvalue weighted by Crippen LogP contribution is 2.30. The molecule has 2 heteroatoms. The van der Waals surface area contributed by atoms with E-state index in [0.29, 0.717) is 5.92 Å². The number of ether oxygens (including phenoxy) is 1. The summed E-state index contributed by atoms with van der Waals surface area (Å²) in [5, 5.41) is 0. The second-order valence-electron chi connectivity index (χ2n) is 8.45. The second kappa shape index (κ2) is 9.81. The largest absolute Gasteiger partial charge is 0.490 e. The lowest BCUT2D eigenvalue weighted by Crippen LogP contribution is -2.13. The molecular formula is C28H33NO. The van der Waals surface area contributed by atoms with Crippen LogP contribution in [0, 0.1) is 18.3 Å². The molecule has 1 atom stereocenters. The maximum atomic E-state index is 5.86. The summed E-state index contributed by atoms with van der Waals surface area (Å²) in [6.45, 7) is 10.6. The van der Waals surface area contributed by atoms with Crippen LogP contribution >= 0.6 is 0 Å². The molecule has 30 heavy (non-hydrogen) atoms. The van der Waals surface area contributed by atoms with Gasteiger partial charge in [0.1, 0.15) is 5.75 Å². The van der Waals surface area contributed by atoms with Crippen LogP contribution in [0.1, 0.15) is 75.3 Å². The normalized spacial score (nSPS) is 15.1. The molecule has 0 heterocycles. The molecule has 1 aliphatic carbocycles. The quantitative estimate of drug-likeness (QED) is 0.369. The smallest absolute Gasteiger partial charge is 0.135 e. The predicted octanol–water partition coefficient (Wildman–Crippen LogP) is 6.84. The van der Waals surface area contributed by atoms with E-state index in [4.69, 9.17) is 16.2 Å². The molecule has 3 rings (SSSR count). The molecule has 0 aliphatic heterocycles. The van der Waals surface area contributed by atoms with E-state index in [9.17, 15) is 0 Å². The molecule has 0 spiro atoms. The number of fused-ring (bicyclic) bond motifs is 1. The molecular weight excluding hydrogens is 366 g/mol. The van der Waals surface area contributed by atoms with E-state index in [2.05, 4.69) is 51.0 Å². The van der Waals surface area contributed by atoms with E-state index in [1.165, 1.54) is 41.5 Å². The highest BCUT2D eigenvalue weighted by atomic mass is 16.5. The zero-order chi connectivity index (χ0) is 21.7. The molecule has 0 aromatic heterocycles. The summed E-state index contributed by atoms with van der Waals surface area (Å²) in [7, 11) is 0. The molecule has 1 aliphatic rings. The van der Waals surface area contributed by atoms with Crippen LogP contribution in [0.25, 0.3) is 5.57 Å². The number of nitrogens with zero attached hydrogens (tertiary/aromatic N) is 1. The summed E-state index contributed by atoms with van der Waals surface area (Å²) in [6, 6.07) is 12.7. The van der Waals surface area contributed by atoms with E-state index in [-0.39, 0.29) is 6.10 Å². The average molecular weight is 400 g/mol. The lowest BCUT2D eigenvalue weighted by Gasteiger charge is -2.16. The first-order chi connectivity index (χ1) is 14.4. The number of aliphatic imine (C=N–C) groups is 1. The topological polar surface area (TPSA) is 21.6 Å². The van der Waals surface area contributed by atoms with E-state index >= 15 is 0 Å². The van der Waals surface area contributed by atoms with Crippen molar-refractivity contribution in [1.82, 2.24) is 0 Å². The number of rotatable bonds is 7. The monoisotopic (exact) mass is 399 g/mol. The van der Waals surface area contributed by atoms with Gasteiger partial charge in [-0.25, -0.2) is 0 Å². The van der Waals surface area contributed by atoms with Crippen molar-refractivity contribution in [3.63, 3.8) is 0 Å². The fourth-order valence-corrected chi connectivity index (χ4v) is 4.06. The Labute approximate surface area is 182 Å². The number of allylic oxidation sites excluding steroid dienone is 1. The summed E-state index contributed by atoms with van der Waals surface area (Å²) in [5.74, 6) is 3.86. The molecule has 2 aromatic rings. The molecule has 0 bridgehead atoms. The Bertz CT molecular complexity index is 1000. The third-order valence-corrected chi connectivity index (χ3v) is 5.84. The van der Waals surface area contributed by atoms with Gasteiger partial charge in [-0.2, -0.15) is 0 Å². The van der Waals surface area contributed by atoms with Crippen LogP contribution < -0.4 is 4.74 Å². The molecule has 0 fully saturated rings. The summed E-state index contributed by atoms with van der Waals surface area (Å²) in [4.78, 5) is 4.98. The van der Waals surface area contributed by atoms with Crippen LogP contribution in [0.15, 0.2) is 47.6 Å². The molecule has 0 saturated heterocycles.